The van der Waals surface area contributed by atoms with Crippen LogP contribution in [0, 0.1) is 6.92 Å². The number of aromatic amines is 1. The highest BCUT2D eigenvalue weighted by Crippen LogP contribution is 2.09. The Balaban J connectivity index is 2.12. The largest absolute Gasteiger partial charge is 0.465 e. The summed E-state index contributed by atoms with van der Waals surface area (Å²) in [5.41, 5.74) is -0.351. The predicted octanol–water partition coefficient (Wildman–Crippen LogP) is 0.755. The molecule has 0 amide bonds. The second-order valence-electron chi connectivity index (χ2n) is 3.73. The number of H-pyrrole nitrogens is 1. The first kappa shape index (κ1) is 12.6. The smallest absolute Gasteiger partial charge is 0.247 e. The molecule has 0 aromatic carbocycles. The van der Waals surface area contributed by atoms with E-state index in [1.807, 2.05) is 0 Å². The molecule has 18 heavy (non-hydrogen) atoms. The Labute approximate surface area is 104 Å². The van der Waals surface area contributed by atoms with Crippen molar-refractivity contribution in [1.29, 1.82) is 0 Å². The van der Waals surface area contributed by atoms with E-state index in [2.05, 4.69) is 9.71 Å². The minimum absolute atomic E-state index is 0.00498. The van der Waals surface area contributed by atoms with Crippen LogP contribution in [-0.4, -0.2) is 13.4 Å². The Morgan fingerprint density at radius 3 is 2.61 bits per heavy atom. The second kappa shape index (κ2) is 4.79. The van der Waals surface area contributed by atoms with Gasteiger partial charge in [0.15, 0.2) is 0 Å². The molecule has 0 saturated carbocycles. The lowest BCUT2D eigenvalue weighted by Crippen LogP contribution is -2.23. The zero-order valence-electron chi connectivity index (χ0n) is 9.64. The summed E-state index contributed by atoms with van der Waals surface area (Å²) in [6, 6.07) is 5.86. The van der Waals surface area contributed by atoms with Gasteiger partial charge in [0.1, 0.15) is 11.5 Å². The fourth-order valence-corrected chi connectivity index (χ4v) is 2.35. The van der Waals surface area contributed by atoms with Crippen molar-refractivity contribution in [2.75, 3.05) is 0 Å². The van der Waals surface area contributed by atoms with E-state index in [0.717, 1.165) is 12.3 Å². The zero-order valence-corrected chi connectivity index (χ0v) is 10.5. The van der Waals surface area contributed by atoms with Crippen molar-refractivity contribution in [3.8, 4) is 0 Å². The van der Waals surface area contributed by atoms with Crippen LogP contribution in [0.1, 0.15) is 11.5 Å². The van der Waals surface area contributed by atoms with Gasteiger partial charge < -0.3 is 9.40 Å². The van der Waals surface area contributed by atoms with Crippen LogP contribution in [-0.2, 0) is 16.6 Å². The molecule has 0 aliphatic carbocycles. The molecular weight excluding hydrogens is 256 g/mol. The normalized spacial score (nSPS) is 11.6. The van der Waals surface area contributed by atoms with E-state index in [1.54, 1.807) is 19.1 Å². The van der Waals surface area contributed by atoms with Crippen molar-refractivity contribution in [2.24, 2.45) is 0 Å². The van der Waals surface area contributed by atoms with Crippen LogP contribution in [0.25, 0.3) is 0 Å². The molecule has 0 saturated heterocycles. The molecule has 0 fully saturated rings. The van der Waals surface area contributed by atoms with Crippen LogP contribution < -0.4 is 10.3 Å². The van der Waals surface area contributed by atoms with Crippen molar-refractivity contribution in [3.63, 3.8) is 0 Å². The molecular formula is C11H12N2O4S. The highest BCUT2D eigenvalue weighted by atomic mass is 32.2. The maximum Gasteiger partial charge on any atom is 0.247 e. The summed E-state index contributed by atoms with van der Waals surface area (Å²) in [4.78, 5) is 13.2. The van der Waals surface area contributed by atoms with Gasteiger partial charge in [-0.05, 0) is 25.1 Å². The third kappa shape index (κ3) is 2.88. The maximum absolute atomic E-state index is 11.8. The number of furan rings is 1. The average Bonchev–Trinajstić information content (AvgIpc) is 2.73. The Morgan fingerprint density at radius 1 is 1.28 bits per heavy atom. The van der Waals surface area contributed by atoms with Gasteiger partial charge in [-0.1, -0.05) is 0 Å². The van der Waals surface area contributed by atoms with Gasteiger partial charge in [-0.3, -0.25) is 4.79 Å². The van der Waals surface area contributed by atoms with Crippen molar-refractivity contribution in [2.45, 2.75) is 18.4 Å². The highest BCUT2D eigenvalue weighted by molar-refractivity contribution is 7.89. The molecule has 2 aromatic rings. The van der Waals surface area contributed by atoms with Crippen molar-refractivity contribution >= 4 is 10.0 Å². The number of sulfonamides is 1. The molecule has 0 bridgehead atoms. The van der Waals surface area contributed by atoms with Crippen LogP contribution in [0.2, 0.25) is 0 Å². The van der Waals surface area contributed by atoms with Crippen LogP contribution in [0.15, 0.2) is 44.6 Å². The van der Waals surface area contributed by atoms with Gasteiger partial charge >= 0.3 is 0 Å². The lowest BCUT2D eigenvalue weighted by atomic mass is 10.4. The summed E-state index contributed by atoms with van der Waals surface area (Å²) in [6.45, 7) is 1.84. The highest BCUT2D eigenvalue weighted by Gasteiger charge is 2.14. The summed E-state index contributed by atoms with van der Waals surface area (Å²) in [6.07, 6.45) is 1.15. The molecule has 7 heteroatoms. The van der Waals surface area contributed by atoms with Gasteiger partial charge in [0.05, 0.1) is 11.4 Å². The van der Waals surface area contributed by atoms with Crippen LogP contribution in [0.3, 0.4) is 0 Å². The number of rotatable bonds is 4. The Hall–Kier alpha value is -1.86. The third-order valence-corrected chi connectivity index (χ3v) is 3.70. The van der Waals surface area contributed by atoms with Crippen molar-refractivity contribution < 1.29 is 12.8 Å². The predicted molar refractivity (Wildman–Crippen MR) is 64.5 cm³/mol. The quantitative estimate of drug-likeness (QED) is 0.856. The summed E-state index contributed by atoms with van der Waals surface area (Å²) in [5, 5.41) is 0. The SMILES string of the molecule is Cc1ccc(CNS(=O)(=O)c2ccc(=O)[nH]c2)o1. The van der Waals surface area contributed by atoms with Gasteiger partial charge in [0, 0.05) is 12.3 Å². The molecule has 2 rings (SSSR count). The van der Waals surface area contributed by atoms with Gasteiger partial charge in [-0.2, -0.15) is 0 Å². The monoisotopic (exact) mass is 268 g/mol. The lowest BCUT2D eigenvalue weighted by molar-refractivity contribution is 0.475. The van der Waals surface area contributed by atoms with E-state index >= 15 is 0 Å². The third-order valence-electron chi connectivity index (χ3n) is 2.30. The number of hydrogen-bond donors (Lipinski definition) is 2. The average molecular weight is 268 g/mol. The Kier molecular flexibility index (Phi) is 3.35. The van der Waals surface area contributed by atoms with E-state index in [0.29, 0.717) is 11.5 Å². The zero-order chi connectivity index (χ0) is 13.2. The van der Waals surface area contributed by atoms with Crippen molar-refractivity contribution in [1.82, 2.24) is 9.71 Å². The second-order valence-corrected chi connectivity index (χ2v) is 5.49. The van der Waals surface area contributed by atoms with Crippen molar-refractivity contribution in [3.05, 3.63) is 52.3 Å². The topological polar surface area (TPSA) is 92.2 Å². The lowest BCUT2D eigenvalue weighted by Gasteiger charge is -2.04. The molecule has 0 spiro atoms. The standard InChI is InChI=1S/C11H12N2O4S/c1-8-2-3-9(17-8)6-13-18(15,16)10-4-5-11(14)12-7-10/h2-5,7,13H,6H2,1H3,(H,12,14). The fourth-order valence-electron chi connectivity index (χ4n) is 1.39. The first-order valence-corrected chi connectivity index (χ1v) is 6.69. The summed E-state index contributed by atoms with van der Waals surface area (Å²) in [5.74, 6) is 1.24. The van der Waals surface area contributed by atoms with E-state index < -0.39 is 10.0 Å². The van der Waals surface area contributed by atoms with Gasteiger partial charge in [0.25, 0.3) is 0 Å². The van der Waals surface area contributed by atoms with Gasteiger partial charge in [0.2, 0.25) is 15.6 Å². The summed E-state index contributed by atoms with van der Waals surface area (Å²) < 4.78 is 31.3. The van der Waals surface area contributed by atoms with E-state index in [-0.39, 0.29) is 17.0 Å². The van der Waals surface area contributed by atoms with Crippen LogP contribution >= 0.6 is 0 Å². The maximum atomic E-state index is 11.8. The molecule has 0 unspecified atom stereocenters. The van der Waals surface area contributed by atoms with Gasteiger partial charge in [-0.25, -0.2) is 13.1 Å². The summed E-state index contributed by atoms with van der Waals surface area (Å²) >= 11 is 0. The number of pyridine rings is 1. The number of aromatic nitrogens is 1. The number of nitrogens with one attached hydrogen (secondary N) is 2. The first-order valence-electron chi connectivity index (χ1n) is 5.21. The molecule has 6 nitrogen and oxygen atoms in total. The molecule has 2 heterocycles. The van der Waals surface area contributed by atoms with Crippen LogP contribution in [0.5, 0.6) is 0 Å². The Bertz CT molecular complexity index is 679. The molecule has 2 N–H and O–H groups in total. The van der Waals surface area contributed by atoms with Crippen LogP contribution in [0.4, 0.5) is 0 Å². The number of hydrogen-bond acceptors (Lipinski definition) is 4. The molecule has 2 aromatic heterocycles. The minimum atomic E-state index is -3.65. The summed E-state index contributed by atoms with van der Waals surface area (Å²) in [7, 11) is -3.65. The molecule has 0 atom stereocenters. The molecule has 0 aliphatic rings. The molecule has 0 aliphatic heterocycles. The molecule has 96 valence electrons. The first-order chi connectivity index (χ1) is 8.47. The Morgan fingerprint density at radius 2 is 2.06 bits per heavy atom. The number of aryl methyl sites for hydroxylation is 1. The fraction of sp³-hybridized carbons (Fsp3) is 0.182. The van der Waals surface area contributed by atoms with E-state index in [1.165, 1.54) is 6.07 Å². The molecule has 0 radical (unpaired) electrons. The minimum Gasteiger partial charge on any atom is -0.465 e. The van der Waals surface area contributed by atoms with E-state index in [9.17, 15) is 13.2 Å². The van der Waals surface area contributed by atoms with Gasteiger partial charge in [-0.15, -0.1) is 0 Å². The van der Waals surface area contributed by atoms with E-state index in [4.69, 9.17) is 4.42 Å².